The summed E-state index contributed by atoms with van der Waals surface area (Å²) in [6.07, 6.45) is 0. The lowest BCUT2D eigenvalue weighted by atomic mass is 9.95. The second-order valence-electron chi connectivity index (χ2n) is 6.26. The van der Waals surface area contributed by atoms with E-state index in [0.717, 1.165) is 4.88 Å². The van der Waals surface area contributed by atoms with Crippen molar-refractivity contribution in [3.8, 4) is 0 Å². The fourth-order valence-corrected chi connectivity index (χ4v) is 4.07. The van der Waals surface area contributed by atoms with Gasteiger partial charge in [0, 0.05) is 16.0 Å². The number of hydrogen-bond donors (Lipinski definition) is 2. The molecule has 0 fully saturated rings. The quantitative estimate of drug-likeness (QED) is 0.878. The molecule has 0 spiro atoms. The third kappa shape index (κ3) is 4.56. The molecule has 5 nitrogen and oxygen atoms in total. The highest BCUT2D eigenvalue weighted by Gasteiger charge is 2.21. The molecular weight excluding hydrogens is 332 g/mol. The summed E-state index contributed by atoms with van der Waals surface area (Å²) in [6, 6.07) is 9.99. The van der Waals surface area contributed by atoms with Crippen molar-refractivity contribution in [1.29, 1.82) is 0 Å². The fourth-order valence-electron chi connectivity index (χ4n) is 1.74. The number of anilines is 2. The predicted octanol–water partition coefficient (Wildman–Crippen LogP) is 3.84. The third-order valence-corrected chi connectivity index (χ3v) is 5.91. The molecule has 0 unspecified atom stereocenters. The van der Waals surface area contributed by atoms with Crippen molar-refractivity contribution >= 4 is 38.6 Å². The smallest absolute Gasteiger partial charge is 0.271 e. The van der Waals surface area contributed by atoms with Crippen molar-refractivity contribution in [3.05, 3.63) is 41.3 Å². The largest absolute Gasteiger partial charge is 0.326 e. The first kappa shape index (κ1) is 17.5. The summed E-state index contributed by atoms with van der Waals surface area (Å²) in [4.78, 5) is 12.9. The maximum absolute atomic E-state index is 12.3. The van der Waals surface area contributed by atoms with Gasteiger partial charge in [0.25, 0.3) is 10.0 Å². The minimum Gasteiger partial charge on any atom is -0.326 e. The minimum atomic E-state index is -3.61. The number of aryl methyl sites for hydroxylation is 1. The molecule has 1 aromatic carbocycles. The SMILES string of the molecule is Cc1ccc(S(=O)(=O)Nc2cccc(NC(=O)C(C)(C)C)c2)s1. The van der Waals surface area contributed by atoms with Crippen LogP contribution in [-0.4, -0.2) is 14.3 Å². The van der Waals surface area contributed by atoms with Crippen LogP contribution in [0.15, 0.2) is 40.6 Å². The second-order valence-corrected chi connectivity index (χ2v) is 9.45. The number of rotatable bonds is 4. The van der Waals surface area contributed by atoms with Crippen molar-refractivity contribution in [3.63, 3.8) is 0 Å². The van der Waals surface area contributed by atoms with E-state index >= 15 is 0 Å². The number of nitrogens with one attached hydrogen (secondary N) is 2. The van der Waals surface area contributed by atoms with Crippen LogP contribution in [0.1, 0.15) is 25.6 Å². The summed E-state index contributed by atoms with van der Waals surface area (Å²) in [5, 5.41) is 2.78. The van der Waals surface area contributed by atoms with E-state index in [-0.39, 0.29) is 10.1 Å². The first-order valence-corrected chi connectivity index (χ1v) is 9.39. The van der Waals surface area contributed by atoms with Crippen molar-refractivity contribution in [1.82, 2.24) is 0 Å². The van der Waals surface area contributed by atoms with E-state index in [1.54, 1.807) is 36.4 Å². The molecule has 7 heteroatoms. The molecule has 2 aromatic rings. The van der Waals surface area contributed by atoms with Crippen LogP contribution in [0.3, 0.4) is 0 Å². The van der Waals surface area contributed by atoms with Gasteiger partial charge in [-0.15, -0.1) is 11.3 Å². The van der Waals surface area contributed by atoms with Crippen LogP contribution in [-0.2, 0) is 14.8 Å². The van der Waals surface area contributed by atoms with Gasteiger partial charge in [-0.1, -0.05) is 26.8 Å². The van der Waals surface area contributed by atoms with E-state index in [4.69, 9.17) is 0 Å². The zero-order chi connectivity index (χ0) is 17.3. The highest BCUT2D eigenvalue weighted by atomic mass is 32.2. The average molecular weight is 352 g/mol. The number of thiophene rings is 1. The van der Waals surface area contributed by atoms with E-state index in [9.17, 15) is 13.2 Å². The molecule has 0 aliphatic carbocycles. The number of carbonyl (C=O) groups excluding carboxylic acids is 1. The summed E-state index contributed by atoms with van der Waals surface area (Å²) < 4.78 is 27.4. The summed E-state index contributed by atoms with van der Waals surface area (Å²) in [6.45, 7) is 7.29. The molecule has 124 valence electrons. The van der Waals surface area contributed by atoms with Gasteiger partial charge < -0.3 is 5.32 Å². The topological polar surface area (TPSA) is 75.3 Å². The molecule has 23 heavy (non-hydrogen) atoms. The van der Waals surface area contributed by atoms with Crippen LogP contribution in [0.4, 0.5) is 11.4 Å². The first-order valence-electron chi connectivity index (χ1n) is 7.09. The van der Waals surface area contributed by atoms with Crippen LogP contribution >= 0.6 is 11.3 Å². The number of carbonyl (C=O) groups is 1. The van der Waals surface area contributed by atoms with Crippen molar-refractivity contribution in [2.75, 3.05) is 10.0 Å². The normalized spacial score (nSPS) is 12.0. The zero-order valence-corrected chi connectivity index (χ0v) is 15.1. The number of hydrogen-bond acceptors (Lipinski definition) is 4. The van der Waals surface area contributed by atoms with E-state index in [1.807, 2.05) is 27.7 Å². The van der Waals surface area contributed by atoms with Crippen molar-refractivity contribution < 1.29 is 13.2 Å². The van der Waals surface area contributed by atoms with Gasteiger partial charge in [-0.05, 0) is 37.3 Å². The highest BCUT2D eigenvalue weighted by Crippen LogP contribution is 2.25. The number of amides is 1. The molecule has 1 heterocycles. The number of sulfonamides is 1. The zero-order valence-electron chi connectivity index (χ0n) is 13.5. The molecule has 1 aromatic heterocycles. The minimum absolute atomic E-state index is 0.133. The van der Waals surface area contributed by atoms with Crippen LogP contribution < -0.4 is 10.0 Å². The lowest BCUT2D eigenvalue weighted by Crippen LogP contribution is -2.27. The second kappa shape index (κ2) is 6.33. The molecule has 2 rings (SSSR count). The summed E-state index contributed by atoms with van der Waals surface area (Å²) in [7, 11) is -3.61. The molecule has 0 aliphatic rings. The van der Waals surface area contributed by atoms with E-state index < -0.39 is 15.4 Å². The van der Waals surface area contributed by atoms with Gasteiger partial charge in [0.1, 0.15) is 4.21 Å². The standard InChI is InChI=1S/C16H20N2O3S2/c1-11-8-9-14(22-11)23(20,21)18-13-7-5-6-12(10-13)17-15(19)16(2,3)4/h5-10,18H,1-4H3,(H,17,19). The van der Waals surface area contributed by atoms with Gasteiger partial charge in [-0.2, -0.15) is 0 Å². The van der Waals surface area contributed by atoms with E-state index in [0.29, 0.717) is 11.4 Å². The Bertz CT molecular complexity index is 818. The Hall–Kier alpha value is -1.86. The van der Waals surface area contributed by atoms with Crippen LogP contribution in [0.25, 0.3) is 0 Å². The summed E-state index contributed by atoms with van der Waals surface area (Å²) in [5.74, 6) is -0.133. The summed E-state index contributed by atoms with van der Waals surface area (Å²) >= 11 is 1.21. The van der Waals surface area contributed by atoms with Crippen LogP contribution in [0.5, 0.6) is 0 Å². The Kier molecular flexibility index (Phi) is 4.81. The molecule has 0 aliphatic heterocycles. The van der Waals surface area contributed by atoms with Gasteiger partial charge in [0.2, 0.25) is 5.91 Å². The lowest BCUT2D eigenvalue weighted by Gasteiger charge is -2.18. The van der Waals surface area contributed by atoms with Crippen LogP contribution in [0, 0.1) is 12.3 Å². The average Bonchev–Trinajstić information content (AvgIpc) is 2.85. The Balaban J connectivity index is 2.19. The molecule has 2 N–H and O–H groups in total. The molecule has 0 saturated carbocycles. The van der Waals surface area contributed by atoms with Gasteiger partial charge in [-0.3, -0.25) is 9.52 Å². The van der Waals surface area contributed by atoms with Crippen molar-refractivity contribution in [2.45, 2.75) is 31.9 Å². The molecule has 0 atom stereocenters. The Morgan fingerprint density at radius 1 is 1.09 bits per heavy atom. The van der Waals surface area contributed by atoms with Gasteiger partial charge in [0.05, 0.1) is 5.69 Å². The fraction of sp³-hybridized carbons (Fsp3) is 0.312. The van der Waals surface area contributed by atoms with Gasteiger partial charge in [0.15, 0.2) is 0 Å². The number of benzene rings is 1. The molecule has 0 radical (unpaired) electrons. The Morgan fingerprint density at radius 2 is 1.74 bits per heavy atom. The first-order chi connectivity index (χ1) is 10.6. The van der Waals surface area contributed by atoms with Crippen LogP contribution in [0.2, 0.25) is 0 Å². The Labute approximate surface area is 140 Å². The maximum Gasteiger partial charge on any atom is 0.271 e. The van der Waals surface area contributed by atoms with Crippen molar-refractivity contribution in [2.24, 2.45) is 5.41 Å². The molecule has 0 saturated heterocycles. The molecular formula is C16H20N2O3S2. The highest BCUT2D eigenvalue weighted by molar-refractivity contribution is 7.94. The predicted molar refractivity (Wildman–Crippen MR) is 94.4 cm³/mol. The monoisotopic (exact) mass is 352 g/mol. The maximum atomic E-state index is 12.3. The van der Waals surface area contributed by atoms with Gasteiger partial charge in [-0.25, -0.2) is 8.42 Å². The molecule has 1 amide bonds. The van der Waals surface area contributed by atoms with Gasteiger partial charge >= 0.3 is 0 Å². The Morgan fingerprint density at radius 3 is 2.30 bits per heavy atom. The molecule has 0 bridgehead atoms. The third-order valence-electron chi connectivity index (χ3n) is 3.03. The lowest BCUT2D eigenvalue weighted by molar-refractivity contribution is -0.123. The van der Waals surface area contributed by atoms with E-state index in [1.165, 1.54) is 11.3 Å². The van der Waals surface area contributed by atoms with E-state index in [2.05, 4.69) is 10.0 Å². The summed E-state index contributed by atoms with van der Waals surface area (Å²) in [5.41, 5.74) is 0.430.